The highest BCUT2D eigenvalue weighted by Gasteiger charge is 2.32. The van der Waals surface area contributed by atoms with Gasteiger partial charge in [-0.3, -0.25) is 0 Å². The summed E-state index contributed by atoms with van der Waals surface area (Å²) in [5.41, 5.74) is 0. The van der Waals surface area contributed by atoms with Crippen molar-refractivity contribution in [3.8, 4) is 0 Å². The van der Waals surface area contributed by atoms with Crippen molar-refractivity contribution in [1.82, 2.24) is 0 Å². The molecule has 2 fully saturated rings. The quantitative estimate of drug-likeness (QED) is 0.595. The van der Waals surface area contributed by atoms with Gasteiger partial charge in [0.25, 0.3) is 0 Å². The minimum atomic E-state index is -3.68. The van der Waals surface area contributed by atoms with Gasteiger partial charge in [0, 0.05) is 0 Å². The number of hydrogen-bond donors (Lipinski definition) is 0. The molecule has 1 aliphatic carbocycles. The molecule has 2 atom stereocenters. The standard InChI is InChI=1S/C8H14O4S/c9-13(10)11-5-7-3-1-2-4-8(7)6-12-13/h7-8H,1-6H2/t7-,8-/m1/s1. The normalized spacial score (nSPS) is 39.1. The molecule has 0 aromatic heterocycles. The van der Waals surface area contributed by atoms with Crippen LogP contribution in [0.3, 0.4) is 0 Å². The number of hydrogen-bond acceptors (Lipinski definition) is 4. The van der Waals surface area contributed by atoms with Crippen LogP contribution in [0.5, 0.6) is 0 Å². The molecule has 0 aromatic carbocycles. The maximum atomic E-state index is 11.0. The Morgan fingerprint density at radius 2 is 1.38 bits per heavy atom. The lowest BCUT2D eigenvalue weighted by Crippen LogP contribution is -2.24. The van der Waals surface area contributed by atoms with Crippen LogP contribution in [0.25, 0.3) is 0 Å². The van der Waals surface area contributed by atoms with E-state index in [1.807, 2.05) is 0 Å². The monoisotopic (exact) mass is 206 g/mol. The van der Waals surface area contributed by atoms with Crippen LogP contribution in [0.15, 0.2) is 0 Å². The average Bonchev–Trinajstić information content (AvgIpc) is 2.27. The van der Waals surface area contributed by atoms with Crippen molar-refractivity contribution < 1.29 is 16.8 Å². The van der Waals surface area contributed by atoms with Crippen LogP contribution in [0, 0.1) is 11.8 Å². The Labute approximate surface area is 78.6 Å². The summed E-state index contributed by atoms with van der Waals surface area (Å²) < 4.78 is 31.4. The average molecular weight is 206 g/mol. The van der Waals surface area contributed by atoms with Gasteiger partial charge in [-0.25, -0.2) is 8.37 Å². The molecule has 1 heterocycles. The highest BCUT2D eigenvalue weighted by molar-refractivity contribution is 7.81. The molecule has 1 aliphatic heterocycles. The molecule has 0 amide bonds. The van der Waals surface area contributed by atoms with E-state index in [2.05, 4.69) is 0 Å². The van der Waals surface area contributed by atoms with Crippen molar-refractivity contribution in [2.75, 3.05) is 13.2 Å². The summed E-state index contributed by atoms with van der Waals surface area (Å²) in [4.78, 5) is 0. The summed E-state index contributed by atoms with van der Waals surface area (Å²) in [6.45, 7) is 0.625. The molecule has 0 unspecified atom stereocenters. The van der Waals surface area contributed by atoms with E-state index in [1.54, 1.807) is 0 Å². The lowest BCUT2D eigenvalue weighted by molar-refractivity contribution is 0.156. The second-order valence-corrected chi connectivity index (χ2v) is 5.07. The van der Waals surface area contributed by atoms with Gasteiger partial charge in [-0.1, -0.05) is 12.8 Å². The van der Waals surface area contributed by atoms with E-state index in [1.165, 1.54) is 12.8 Å². The topological polar surface area (TPSA) is 52.6 Å². The van der Waals surface area contributed by atoms with E-state index in [4.69, 9.17) is 8.37 Å². The molecule has 1 saturated heterocycles. The fourth-order valence-electron chi connectivity index (χ4n) is 2.10. The lowest BCUT2D eigenvalue weighted by Gasteiger charge is -2.27. The Kier molecular flexibility index (Phi) is 2.58. The molecular weight excluding hydrogens is 192 g/mol. The Morgan fingerprint density at radius 1 is 0.923 bits per heavy atom. The summed E-state index contributed by atoms with van der Waals surface area (Å²) in [7, 11) is -3.68. The van der Waals surface area contributed by atoms with Crippen molar-refractivity contribution in [2.45, 2.75) is 25.7 Å². The van der Waals surface area contributed by atoms with Crippen LogP contribution in [-0.2, 0) is 18.8 Å². The van der Waals surface area contributed by atoms with Gasteiger partial charge in [-0.05, 0) is 24.7 Å². The Morgan fingerprint density at radius 3 is 1.85 bits per heavy atom. The summed E-state index contributed by atoms with van der Waals surface area (Å²) in [5, 5.41) is 0. The second kappa shape index (κ2) is 3.55. The van der Waals surface area contributed by atoms with Crippen molar-refractivity contribution >= 4 is 10.4 Å². The fourth-order valence-corrected chi connectivity index (χ4v) is 2.85. The molecule has 0 radical (unpaired) electrons. The highest BCUT2D eigenvalue weighted by atomic mass is 32.3. The highest BCUT2D eigenvalue weighted by Crippen LogP contribution is 2.32. The first-order valence-electron chi connectivity index (χ1n) is 4.71. The summed E-state index contributed by atoms with van der Waals surface area (Å²) in [5.74, 6) is 0.761. The predicted octanol–water partition coefficient (Wildman–Crippen LogP) is 1.08. The van der Waals surface area contributed by atoms with Crippen molar-refractivity contribution in [3.63, 3.8) is 0 Å². The van der Waals surface area contributed by atoms with Gasteiger partial charge in [0.1, 0.15) is 0 Å². The third kappa shape index (κ3) is 2.21. The van der Waals surface area contributed by atoms with E-state index < -0.39 is 10.4 Å². The van der Waals surface area contributed by atoms with Crippen molar-refractivity contribution in [2.24, 2.45) is 11.8 Å². The second-order valence-electron chi connectivity index (χ2n) is 3.78. The number of rotatable bonds is 0. The van der Waals surface area contributed by atoms with E-state index in [0.717, 1.165) is 12.8 Å². The zero-order chi connectivity index (χ0) is 9.31. The first kappa shape index (κ1) is 9.43. The summed E-state index contributed by atoms with van der Waals surface area (Å²) in [6.07, 6.45) is 4.52. The van der Waals surface area contributed by atoms with E-state index >= 15 is 0 Å². The van der Waals surface area contributed by atoms with E-state index in [9.17, 15) is 8.42 Å². The largest absolute Gasteiger partial charge is 0.399 e. The Balaban J connectivity index is 2.07. The van der Waals surface area contributed by atoms with Gasteiger partial charge in [0.2, 0.25) is 0 Å². The summed E-state index contributed by atoms with van der Waals surface area (Å²) in [6, 6.07) is 0. The molecule has 0 bridgehead atoms. The molecule has 0 N–H and O–H groups in total. The van der Waals surface area contributed by atoms with Crippen LogP contribution in [0.1, 0.15) is 25.7 Å². The predicted molar refractivity (Wildman–Crippen MR) is 46.3 cm³/mol. The Hall–Kier alpha value is -0.130. The maximum absolute atomic E-state index is 11.0. The minimum absolute atomic E-state index is 0.312. The van der Waals surface area contributed by atoms with Gasteiger partial charge < -0.3 is 0 Å². The molecule has 2 aliphatic rings. The van der Waals surface area contributed by atoms with Gasteiger partial charge in [-0.15, -0.1) is 0 Å². The van der Waals surface area contributed by atoms with Crippen molar-refractivity contribution in [3.05, 3.63) is 0 Å². The van der Waals surface area contributed by atoms with Crippen LogP contribution in [-0.4, -0.2) is 21.6 Å². The van der Waals surface area contributed by atoms with Gasteiger partial charge in [0.15, 0.2) is 0 Å². The first-order chi connectivity index (χ1) is 6.17. The molecular formula is C8H14O4S. The molecule has 1 saturated carbocycles. The van der Waals surface area contributed by atoms with Gasteiger partial charge >= 0.3 is 10.4 Å². The SMILES string of the molecule is O=S1(=O)OC[C@H]2CCCC[C@@H]2CO1. The zero-order valence-corrected chi connectivity index (χ0v) is 8.26. The molecule has 0 aromatic rings. The lowest BCUT2D eigenvalue weighted by atomic mass is 9.80. The smallest absolute Gasteiger partial charge is 0.248 e. The van der Waals surface area contributed by atoms with Gasteiger partial charge in [0.05, 0.1) is 13.2 Å². The van der Waals surface area contributed by atoms with E-state index in [-0.39, 0.29) is 0 Å². The third-order valence-electron chi connectivity index (χ3n) is 2.92. The van der Waals surface area contributed by atoms with Gasteiger partial charge in [-0.2, -0.15) is 8.42 Å². The fraction of sp³-hybridized carbons (Fsp3) is 1.00. The zero-order valence-electron chi connectivity index (χ0n) is 7.44. The van der Waals surface area contributed by atoms with Crippen LogP contribution in [0.4, 0.5) is 0 Å². The van der Waals surface area contributed by atoms with Crippen molar-refractivity contribution in [1.29, 1.82) is 0 Å². The van der Waals surface area contributed by atoms with E-state index in [0.29, 0.717) is 25.0 Å². The first-order valence-corrected chi connectivity index (χ1v) is 6.04. The van der Waals surface area contributed by atoms with Crippen LogP contribution in [0.2, 0.25) is 0 Å². The van der Waals surface area contributed by atoms with Crippen LogP contribution < -0.4 is 0 Å². The number of fused-ring (bicyclic) bond motifs is 1. The molecule has 5 heteroatoms. The third-order valence-corrected chi connectivity index (χ3v) is 3.77. The molecule has 76 valence electrons. The van der Waals surface area contributed by atoms with Crippen LogP contribution >= 0.6 is 0 Å². The Bertz CT molecular complexity index is 250. The molecule has 13 heavy (non-hydrogen) atoms. The molecule has 4 nitrogen and oxygen atoms in total. The summed E-state index contributed by atoms with van der Waals surface area (Å²) >= 11 is 0. The minimum Gasteiger partial charge on any atom is -0.248 e. The molecule has 0 spiro atoms. The molecule has 2 rings (SSSR count). The maximum Gasteiger partial charge on any atom is 0.399 e.